The molecule has 0 aliphatic heterocycles. The summed E-state index contributed by atoms with van der Waals surface area (Å²) in [5.74, 6) is 0.763. The lowest BCUT2D eigenvalue weighted by Crippen LogP contribution is -2.20. The van der Waals surface area contributed by atoms with Crippen LogP contribution in [-0.2, 0) is 13.3 Å². The zero-order chi connectivity index (χ0) is 21.8. The number of carbonyl (C=O) groups excluding carboxylic acids is 1. The molecule has 2 heterocycles. The molecule has 4 aromatic rings. The number of nitrogens with one attached hydrogen (secondary N) is 1. The molecule has 7 nitrogen and oxygen atoms in total. The SMILES string of the molecule is Cc1cc(NC(=O)c2ccnn2COc2ccc(Cl)cc2)nn1Cc1ccc(Cl)cc1. The lowest BCUT2D eigenvalue weighted by atomic mass is 10.2. The van der Waals surface area contributed by atoms with Crippen molar-refractivity contribution in [2.45, 2.75) is 20.2 Å². The molecule has 0 saturated carbocycles. The highest BCUT2D eigenvalue weighted by molar-refractivity contribution is 6.30. The molecule has 4 rings (SSSR count). The molecular formula is C22H19Cl2N5O2. The summed E-state index contributed by atoms with van der Waals surface area (Å²) in [7, 11) is 0. The highest BCUT2D eigenvalue weighted by Gasteiger charge is 2.15. The lowest BCUT2D eigenvalue weighted by molar-refractivity contribution is 0.100. The van der Waals surface area contributed by atoms with Crippen molar-refractivity contribution < 1.29 is 9.53 Å². The van der Waals surface area contributed by atoms with Gasteiger partial charge in [0.2, 0.25) is 0 Å². The number of rotatable bonds is 7. The molecule has 9 heteroatoms. The number of hydrogen-bond donors (Lipinski definition) is 1. The Bertz CT molecular complexity index is 1180. The van der Waals surface area contributed by atoms with Gasteiger partial charge in [0.1, 0.15) is 11.4 Å². The van der Waals surface area contributed by atoms with Crippen molar-refractivity contribution in [1.82, 2.24) is 19.6 Å². The summed E-state index contributed by atoms with van der Waals surface area (Å²) in [6.45, 7) is 2.59. The van der Waals surface area contributed by atoms with Crippen LogP contribution < -0.4 is 10.1 Å². The van der Waals surface area contributed by atoms with Gasteiger partial charge < -0.3 is 10.1 Å². The van der Waals surface area contributed by atoms with Crippen LogP contribution in [0.4, 0.5) is 5.82 Å². The predicted molar refractivity (Wildman–Crippen MR) is 120 cm³/mol. The molecule has 0 aliphatic carbocycles. The van der Waals surface area contributed by atoms with Crippen LogP contribution in [0.1, 0.15) is 21.7 Å². The zero-order valence-corrected chi connectivity index (χ0v) is 18.1. The number of amides is 1. The van der Waals surface area contributed by atoms with Crippen LogP contribution in [0, 0.1) is 6.92 Å². The van der Waals surface area contributed by atoms with Crippen molar-refractivity contribution in [3.05, 3.63) is 93.9 Å². The minimum absolute atomic E-state index is 0.0847. The first-order valence-corrected chi connectivity index (χ1v) is 10.2. The number of aromatic nitrogens is 4. The van der Waals surface area contributed by atoms with Gasteiger partial charge in [0, 0.05) is 28.0 Å². The lowest BCUT2D eigenvalue weighted by Gasteiger charge is -2.09. The van der Waals surface area contributed by atoms with E-state index in [0.29, 0.717) is 33.9 Å². The van der Waals surface area contributed by atoms with E-state index in [2.05, 4.69) is 15.5 Å². The molecule has 158 valence electrons. The summed E-state index contributed by atoms with van der Waals surface area (Å²) in [6.07, 6.45) is 1.55. The Morgan fingerprint density at radius 3 is 2.39 bits per heavy atom. The molecule has 0 saturated heterocycles. The maximum Gasteiger partial charge on any atom is 0.275 e. The molecule has 0 atom stereocenters. The number of hydrogen-bond acceptors (Lipinski definition) is 4. The van der Waals surface area contributed by atoms with Gasteiger partial charge >= 0.3 is 0 Å². The fraction of sp³-hybridized carbons (Fsp3) is 0.136. The van der Waals surface area contributed by atoms with Crippen LogP contribution in [0.5, 0.6) is 5.75 Å². The van der Waals surface area contributed by atoms with E-state index in [-0.39, 0.29) is 12.6 Å². The first-order valence-electron chi connectivity index (χ1n) is 9.48. The number of benzene rings is 2. The van der Waals surface area contributed by atoms with Crippen molar-refractivity contribution in [3.63, 3.8) is 0 Å². The molecule has 0 fully saturated rings. The van der Waals surface area contributed by atoms with Crippen molar-refractivity contribution in [3.8, 4) is 5.75 Å². The number of halogens is 2. The molecule has 0 aliphatic rings. The van der Waals surface area contributed by atoms with Gasteiger partial charge in [-0.3, -0.25) is 9.48 Å². The van der Waals surface area contributed by atoms with Crippen molar-refractivity contribution in [1.29, 1.82) is 0 Å². The molecule has 1 N–H and O–H groups in total. The van der Waals surface area contributed by atoms with Crippen LogP contribution in [0.2, 0.25) is 10.0 Å². The predicted octanol–water partition coefficient (Wildman–Crippen LogP) is 5.03. The summed E-state index contributed by atoms with van der Waals surface area (Å²) in [5, 5.41) is 12.8. The average molecular weight is 456 g/mol. The van der Waals surface area contributed by atoms with Gasteiger partial charge in [0.25, 0.3) is 5.91 Å². The van der Waals surface area contributed by atoms with E-state index in [4.69, 9.17) is 27.9 Å². The largest absolute Gasteiger partial charge is 0.471 e. The highest BCUT2D eigenvalue weighted by atomic mass is 35.5. The maximum absolute atomic E-state index is 12.8. The molecular weight excluding hydrogens is 437 g/mol. The van der Waals surface area contributed by atoms with Gasteiger partial charge in [0.15, 0.2) is 12.5 Å². The second-order valence-corrected chi connectivity index (χ2v) is 7.73. The van der Waals surface area contributed by atoms with E-state index in [1.807, 2.05) is 41.9 Å². The second kappa shape index (κ2) is 9.24. The highest BCUT2D eigenvalue weighted by Crippen LogP contribution is 2.17. The molecule has 0 bridgehead atoms. The normalized spacial score (nSPS) is 10.8. The Kier molecular flexibility index (Phi) is 6.25. The van der Waals surface area contributed by atoms with E-state index in [9.17, 15) is 4.79 Å². The van der Waals surface area contributed by atoms with Gasteiger partial charge in [-0.15, -0.1) is 0 Å². The third-order valence-corrected chi connectivity index (χ3v) is 5.09. The molecule has 31 heavy (non-hydrogen) atoms. The van der Waals surface area contributed by atoms with E-state index in [1.54, 1.807) is 36.5 Å². The smallest absolute Gasteiger partial charge is 0.275 e. The quantitative estimate of drug-likeness (QED) is 0.423. The number of aryl methyl sites for hydroxylation is 1. The Hall–Kier alpha value is -3.29. The first kappa shape index (κ1) is 21.0. The average Bonchev–Trinajstić information content (AvgIpc) is 3.36. The zero-order valence-electron chi connectivity index (χ0n) is 16.6. The van der Waals surface area contributed by atoms with Gasteiger partial charge in [-0.2, -0.15) is 10.2 Å². The summed E-state index contributed by atoms with van der Waals surface area (Å²) >= 11 is 11.8. The van der Waals surface area contributed by atoms with Gasteiger partial charge in [-0.05, 0) is 55.0 Å². The monoisotopic (exact) mass is 455 g/mol. The Labute approximate surface area is 189 Å². The Morgan fingerprint density at radius 2 is 1.68 bits per heavy atom. The van der Waals surface area contributed by atoms with E-state index >= 15 is 0 Å². The van der Waals surface area contributed by atoms with Crippen molar-refractivity contribution in [2.75, 3.05) is 5.32 Å². The van der Waals surface area contributed by atoms with E-state index in [1.165, 1.54) is 4.68 Å². The third-order valence-electron chi connectivity index (χ3n) is 4.58. The van der Waals surface area contributed by atoms with Crippen LogP contribution in [0.25, 0.3) is 0 Å². The molecule has 2 aromatic carbocycles. The topological polar surface area (TPSA) is 74.0 Å². The molecule has 1 amide bonds. The summed E-state index contributed by atoms with van der Waals surface area (Å²) in [4.78, 5) is 12.8. The molecule has 0 unspecified atom stereocenters. The third kappa shape index (κ3) is 5.25. The summed E-state index contributed by atoms with van der Waals surface area (Å²) in [5.41, 5.74) is 2.34. The molecule has 0 spiro atoms. The molecule has 2 aromatic heterocycles. The Balaban J connectivity index is 1.41. The number of nitrogens with zero attached hydrogens (tertiary/aromatic N) is 4. The van der Waals surface area contributed by atoms with Gasteiger partial charge in [-0.25, -0.2) is 4.68 Å². The number of anilines is 1. The van der Waals surface area contributed by atoms with Crippen LogP contribution >= 0.6 is 23.2 Å². The fourth-order valence-corrected chi connectivity index (χ4v) is 3.22. The van der Waals surface area contributed by atoms with Gasteiger partial charge in [0.05, 0.1) is 6.54 Å². The number of ether oxygens (including phenoxy) is 1. The van der Waals surface area contributed by atoms with Crippen molar-refractivity contribution >= 4 is 34.9 Å². The van der Waals surface area contributed by atoms with Crippen LogP contribution in [0.15, 0.2) is 66.9 Å². The van der Waals surface area contributed by atoms with Gasteiger partial charge in [-0.1, -0.05) is 35.3 Å². The summed E-state index contributed by atoms with van der Waals surface area (Å²) in [6, 6.07) is 18.0. The van der Waals surface area contributed by atoms with E-state index < -0.39 is 0 Å². The maximum atomic E-state index is 12.8. The second-order valence-electron chi connectivity index (χ2n) is 6.85. The Morgan fingerprint density at radius 1 is 1.00 bits per heavy atom. The minimum Gasteiger partial charge on any atom is -0.471 e. The van der Waals surface area contributed by atoms with Crippen LogP contribution in [-0.4, -0.2) is 25.5 Å². The summed E-state index contributed by atoms with van der Waals surface area (Å²) < 4.78 is 8.97. The minimum atomic E-state index is -0.326. The first-order chi connectivity index (χ1) is 15.0. The van der Waals surface area contributed by atoms with Crippen molar-refractivity contribution in [2.24, 2.45) is 0 Å². The molecule has 0 radical (unpaired) electrons. The standard InChI is InChI=1S/C22H19Cl2N5O2/c1-15-12-21(27-28(15)13-16-2-4-17(23)5-3-16)26-22(30)20-10-11-25-29(20)14-31-19-8-6-18(24)7-9-19/h2-12H,13-14H2,1H3,(H,26,27,30). The van der Waals surface area contributed by atoms with Crippen LogP contribution in [0.3, 0.4) is 0 Å². The fourth-order valence-electron chi connectivity index (χ4n) is 2.97. The van der Waals surface area contributed by atoms with E-state index in [0.717, 1.165) is 11.3 Å². The number of carbonyl (C=O) groups is 1.